The minimum atomic E-state index is -0.0297. The van der Waals surface area contributed by atoms with Crippen LogP contribution >= 0.6 is 0 Å². The lowest BCUT2D eigenvalue weighted by atomic mass is 9.96. The zero-order valence-electron chi connectivity index (χ0n) is 15.0. The topological polar surface area (TPSA) is 73.4 Å². The molecular weight excluding hydrogens is 320 g/mol. The predicted molar refractivity (Wildman–Crippen MR) is 90.3 cm³/mol. The van der Waals surface area contributed by atoms with Gasteiger partial charge in [-0.15, -0.1) is 0 Å². The molecule has 0 unspecified atom stereocenters. The molecule has 1 atom stereocenters. The highest BCUT2D eigenvalue weighted by atomic mass is 16.5. The molecule has 2 aromatic heterocycles. The zero-order valence-corrected chi connectivity index (χ0v) is 15.0. The van der Waals surface area contributed by atoms with Crippen LogP contribution in [0.2, 0.25) is 0 Å². The van der Waals surface area contributed by atoms with Crippen LogP contribution in [0.4, 0.5) is 0 Å². The molecule has 0 saturated heterocycles. The number of rotatable bonds is 5. The second-order valence-corrected chi connectivity index (χ2v) is 7.24. The average Bonchev–Trinajstić information content (AvgIpc) is 3.19. The van der Waals surface area contributed by atoms with Crippen molar-refractivity contribution in [3.8, 4) is 0 Å². The van der Waals surface area contributed by atoms with Gasteiger partial charge in [-0.2, -0.15) is 5.10 Å². The first kappa shape index (κ1) is 16.3. The smallest absolute Gasteiger partial charge is 0.259 e. The van der Waals surface area contributed by atoms with Crippen molar-refractivity contribution in [2.75, 3.05) is 20.3 Å². The standard InChI is InChI=1S/C18H24N4O3/c1-11-16(12(2)25-20-11)18(23)21-7-14-9-22(6-13-4-5-13)19-17(14)15(8-21)10-24-3/h9,13,15H,4-8,10H2,1-3H3/t15-/m0/s1. The number of methoxy groups -OCH3 is 1. The average molecular weight is 344 g/mol. The Morgan fingerprint density at radius 3 is 2.84 bits per heavy atom. The van der Waals surface area contributed by atoms with Gasteiger partial charge in [0.15, 0.2) is 0 Å². The van der Waals surface area contributed by atoms with Gasteiger partial charge in [0, 0.05) is 44.4 Å². The minimum absolute atomic E-state index is 0.0297. The molecule has 7 nitrogen and oxygen atoms in total. The first-order valence-electron chi connectivity index (χ1n) is 8.84. The van der Waals surface area contributed by atoms with Crippen LogP contribution in [0.25, 0.3) is 0 Å². The third-order valence-corrected chi connectivity index (χ3v) is 5.10. The van der Waals surface area contributed by atoms with Crippen LogP contribution in [0.5, 0.6) is 0 Å². The number of nitrogens with zero attached hydrogens (tertiary/aromatic N) is 4. The maximum Gasteiger partial charge on any atom is 0.259 e. The highest BCUT2D eigenvalue weighted by molar-refractivity contribution is 5.96. The van der Waals surface area contributed by atoms with E-state index in [2.05, 4.69) is 16.0 Å². The van der Waals surface area contributed by atoms with Crippen molar-refractivity contribution in [2.45, 2.75) is 45.7 Å². The fourth-order valence-corrected chi connectivity index (χ4v) is 3.66. The monoisotopic (exact) mass is 344 g/mol. The first-order valence-corrected chi connectivity index (χ1v) is 8.84. The maximum absolute atomic E-state index is 13.0. The van der Waals surface area contributed by atoms with Crippen LogP contribution in [0.15, 0.2) is 10.7 Å². The number of hydrogen-bond acceptors (Lipinski definition) is 5. The molecule has 0 bridgehead atoms. The third-order valence-electron chi connectivity index (χ3n) is 5.10. The number of fused-ring (bicyclic) bond motifs is 1. The lowest BCUT2D eigenvalue weighted by Crippen LogP contribution is -2.39. The molecule has 2 aromatic rings. The van der Waals surface area contributed by atoms with Crippen molar-refractivity contribution in [3.05, 3.63) is 34.5 Å². The number of amides is 1. The van der Waals surface area contributed by atoms with Crippen LogP contribution in [-0.4, -0.2) is 46.0 Å². The van der Waals surface area contributed by atoms with E-state index in [4.69, 9.17) is 14.4 Å². The Bertz CT molecular complexity index is 771. The van der Waals surface area contributed by atoms with Gasteiger partial charge in [0.2, 0.25) is 0 Å². The van der Waals surface area contributed by atoms with Crippen LogP contribution in [0.1, 0.15) is 51.8 Å². The van der Waals surface area contributed by atoms with Gasteiger partial charge < -0.3 is 14.2 Å². The summed E-state index contributed by atoms with van der Waals surface area (Å²) in [6.07, 6.45) is 4.69. The van der Waals surface area contributed by atoms with E-state index in [1.165, 1.54) is 12.8 Å². The van der Waals surface area contributed by atoms with Crippen LogP contribution in [0.3, 0.4) is 0 Å². The van der Waals surface area contributed by atoms with Gasteiger partial charge >= 0.3 is 0 Å². The Balaban J connectivity index is 1.61. The molecular formula is C18H24N4O3. The molecule has 134 valence electrons. The van der Waals surface area contributed by atoms with E-state index in [1.807, 2.05) is 4.90 Å². The quantitative estimate of drug-likeness (QED) is 0.832. The molecule has 1 aliphatic carbocycles. The summed E-state index contributed by atoms with van der Waals surface area (Å²) in [6, 6.07) is 0. The summed E-state index contributed by atoms with van der Waals surface area (Å²) >= 11 is 0. The summed E-state index contributed by atoms with van der Waals surface area (Å²) in [5, 5.41) is 8.70. The maximum atomic E-state index is 13.0. The Hall–Kier alpha value is -2.15. The van der Waals surface area contributed by atoms with Crippen LogP contribution < -0.4 is 0 Å². The highest BCUT2D eigenvalue weighted by Crippen LogP contribution is 2.33. The van der Waals surface area contributed by atoms with Gasteiger partial charge in [-0.3, -0.25) is 9.48 Å². The number of ether oxygens (including phenoxy) is 1. The number of carbonyl (C=O) groups is 1. The van der Waals surface area contributed by atoms with Crippen molar-refractivity contribution >= 4 is 5.91 Å². The molecule has 1 amide bonds. The van der Waals surface area contributed by atoms with Gasteiger partial charge in [0.05, 0.1) is 18.0 Å². The van der Waals surface area contributed by atoms with E-state index in [9.17, 15) is 4.79 Å². The second-order valence-electron chi connectivity index (χ2n) is 7.24. The Morgan fingerprint density at radius 2 is 2.20 bits per heavy atom. The molecule has 3 heterocycles. The summed E-state index contributed by atoms with van der Waals surface area (Å²) in [4.78, 5) is 14.9. The van der Waals surface area contributed by atoms with Crippen molar-refractivity contribution in [1.82, 2.24) is 19.8 Å². The fourth-order valence-electron chi connectivity index (χ4n) is 3.66. The van der Waals surface area contributed by atoms with Crippen molar-refractivity contribution in [2.24, 2.45) is 5.92 Å². The fraction of sp³-hybridized carbons (Fsp3) is 0.611. The third kappa shape index (κ3) is 3.08. The largest absolute Gasteiger partial charge is 0.384 e. The lowest BCUT2D eigenvalue weighted by Gasteiger charge is -2.31. The van der Waals surface area contributed by atoms with Crippen molar-refractivity contribution in [1.29, 1.82) is 0 Å². The molecule has 1 saturated carbocycles. The summed E-state index contributed by atoms with van der Waals surface area (Å²) < 4.78 is 12.6. The highest BCUT2D eigenvalue weighted by Gasteiger charge is 2.34. The number of hydrogen-bond donors (Lipinski definition) is 0. The molecule has 0 aromatic carbocycles. The molecule has 0 spiro atoms. The number of aryl methyl sites for hydroxylation is 2. The van der Waals surface area contributed by atoms with Crippen LogP contribution in [0, 0.1) is 19.8 Å². The van der Waals surface area contributed by atoms with E-state index in [-0.39, 0.29) is 11.8 Å². The number of aromatic nitrogens is 3. The molecule has 1 fully saturated rings. The van der Waals surface area contributed by atoms with Gasteiger partial charge in [-0.1, -0.05) is 5.16 Å². The Kier molecular flexibility index (Phi) is 4.11. The number of carbonyl (C=O) groups excluding carboxylic acids is 1. The molecule has 4 rings (SSSR count). The zero-order chi connectivity index (χ0) is 17.6. The Morgan fingerprint density at radius 1 is 1.40 bits per heavy atom. The van der Waals surface area contributed by atoms with E-state index in [0.717, 1.165) is 23.7 Å². The van der Waals surface area contributed by atoms with Gasteiger partial charge in [-0.25, -0.2) is 0 Å². The van der Waals surface area contributed by atoms with Crippen molar-refractivity contribution < 1.29 is 14.1 Å². The van der Waals surface area contributed by atoms with Gasteiger partial charge in [-0.05, 0) is 32.6 Å². The summed E-state index contributed by atoms with van der Waals surface area (Å²) in [5.41, 5.74) is 3.41. The van der Waals surface area contributed by atoms with E-state index in [0.29, 0.717) is 36.7 Å². The summed E-state index contributed by atoms with van der Waals surface area (Å²) in [7, 11) is 1.69. The van der Waals surface area contributed by atoms with E-state index < -0.39 is 0 Å². The molecule has 7 heteroatoms. The first-order chi connectivity index (χ1) is 12.1. The lowest BCUT2D eigenvalue weighted by molar-refractivity contribution is 0.0676. The summed E-state index contributed by atoms with van der Waals surface area (Å²) in [6.45, 7) is 6.29. The minimum Gasteiger partial charge on any atom is -0.384 e. The Labute approximate surface area is 146 Å². The van der Waals surface area contributed by atoms with E-state index in [1.54, 1.807) is 21.0 Å². The molecule has 0 radical (unpaired) electrons. The van der Waals surface area contributed by atoms with Gasteiger partial charge in [0.25, 0.3) is 5.91 Å². The summed E-state index contributed by atoms with van der Waals surface area (Å²) in [5.74, 6) is 1.40. The normalized spacial score (nSPS) is 20.0. The molecule has 2 aliphatic rings. The predicted octanol–water partition coefficient (Wildman–Crippen LogP) is 2.28. The van der Waals surface area contributed by atoms with Crippen LogP contribution in [-0.2, 0) is 17.8 Å². The second kappa shape index (κ2) is 6.29. The SMILES string of the molecule is COC[C@@H]1CN(C(=O)c2c(C)noc2C)Cc2cn(CC3CC3)nc21. The van der Waals surface area contributed by atoms with Crippen molar-refractivity contribution in [3.63, 3.8) is 0 Å². The molecule has 25 heavy (non-hydrogen) atoms. The van der Waals surface area contributed by atoms with E-state index >= 15 is 0 Å². The molecule has 0 N–H and O–H groups in total. The molecule has 1 aliphatic heterocycles. The van der Waals surface area contributed by atoms with Gasteiger partial charge in [0.1, 0.15) is 11.3 Å².